The molecule has 0 saturated carbocycles. The van der Waals surface area contributed by atoms with Gasteiger partial charge in [0.25, 0.3) is 5.91 Å². The van der Waals surface area contributed by atoms with Crippen molar-refractivity contribution >= 4 is 11.9 Å². The number of nitrogens with two attached hydrogens (primary N) is 1. The third-order valence-electron chi connectivity index (χ3n) is 2.69. The van der Waals surface area contributed by atoms with Crippen LogP contribution in [-0.2, 0) is 4.79 Å². The zero-order valence-electron chi connectivity index (χ0n) is 11.3. The van der Waals surface area contributed by atoms with Crippen LogP contribution in [0.1, 0.15) is 24.1 Å². The van der Waals surface area contributed by atoms with Crippen LogP contribution in [0.25, 0.3) is 0 Å². The van der Waals surface area contributed by atoms with Gasteiger partial charge in [0.2, 0.25) is 0 Å². The summed E-state index contributed by atoms with van der Waals surface area (Å²) in [5.74, 6) is 0.0307. The number of carbonyl (C=O) groups is 2. The minimum Gasteiger partial charge on any atom is -0.483 e. The highest BCUT2D eigenvalue weighted by Crippen LogP contribution is 2.26. The molecule has 0 aromatic heterocycles. The molecule has 0 fully saturated rings. The second-order valence-electron chi connectivity index (χ2n) is 4.25. The number of rotatable bonds is 5. The number of aryl methyl sites for hydroxylation is 1. The van der Waals surface area contributed by atoms with Crippen LogP contribution in [0.4, 0.5) is 4.79 Å². The fraction of sp³-hybridized carbons (Fsp3) is 0.385. The quantitative estimate of drug-likeness (QED) is 0.735. The molecule has 6 heteroatoms. The van der Waals surface area contributed by atoms with E-state index < -0.39 is 11.9 Å². The van der Waals surface area contributed by atoms with Gasteiger partial charge in [0, 0.05) is 11.6 Å². The average molecular weight is 265 g/mol. The first-order valence-corrected chi connectivity index (χ1v) is 5.94. The van der Waals surface area contributed by atoms with Gasteiger partial charge in [-0.1, -0.05) is 17.7 Å². The predicted molar refractivity (Wildman–Crippen MR) is 71.9 cm³/mol. The Morgan fingerprint density at radius 2 is 2.11 bits per heavy atom. The third-order valence-corrected chi connectivity index (χ3v) is 2.69. The molecule has 6 nitrogen and oxygen atoms in total. The molecule has 1 aromatic rings. The van der Waals surface area contributed by atoms with Crippen molar-refractivity contribution in [3.8, 4) is 5.75 Å². The Bertz CT molecular complexity index is 474. The van der Waals surface area contributed by atoms with Crippen molar-refractivity contribution in [1.29, 1.82) is 0 Å². The van der Waals surface area contributed by atoms with Gasteiger partial charge in [-0.15, -0.1) is 0 Å². The van der Waals surface area contributed by atoms with Crippen LogP contribution in [0.15, 0.2) is 18.2 Å². The summed E-state index contributed by atoms with van der Waals surface area (Å²) in [6.45, 7) is 3.72. The number of hydrogen-bond donors (Lipinski definition) is 3. The molecule has 0 bridgehead atoms. The van der Waals surface area contributed by atoms with Crippen molar-refractivity contribution in [3.63, 3.8) is 0 Å². The van der Waals surface area contributed by atoms with E-state index in [-0.39, 0.29) is 12.6 Å². The second-order valence-corrected chi connectivity index (χ2v) is 4.25. The van der Waals surface area contributed by atoms with Crippen molar-refractivity contribution in [1.82, 2.24) is 10.6 Å². The van der Waals surface area contributed by atoms with Crippen molar-refractivity contribution in [2.45, 2.75) is 19.9 Å². The van der Waals surface area contributed by atoms with Crippen LogP contribution in [0, 0.1) is 6.92 Å². The van der Waals surface area contributed by atoms with E-state index in [1.807, 2.05) is 38.3 Å². The highest BCUT2D eigenvalue weighted by molar-refractivity contribution is 5.94. The number of hydrogen-bond acceptors (Lipinski definition) is 4. The van der Waals surface area contributed by atoms with Crippen molar-refractivity contribution in [2.24, 2.45) is 5.73 Å². The lowest BCUT2D eigenvalue weighted by Crippen LogP contribution is -2.38. The van der Waals surface area contributed by atoms with Crippen LogP contribution < -0.4 is 21.1 Å². The zero-order chi connectivity index (χ0) is 14.4. The zero-order valence-corrected chi connectivity index (χ0v) is 11.3. The molecule has 1 atom stereocenters. The summed E-state index contributed by atoms with van der Waals surface area (Å²) in [5.41, 5.74) is 6.90. The molecule has 0 saturated heterocycles. The molecule has 19 heavy (non-hydrogen) atoms. The summed E-state index contributed by atoms with van der Waals surface area (Å²) in [4.78, 5) is 21.8. The molecule has 1 rings (SSSR count). The molecular formula is C13H19N3O3. The topological polar surface area (TPSA) is 93.4 Å². The third kappa shape index (κ3) is 4.59. The van der Waals surface area contributed by atoms with E-state index in [9.17, 15) is 9.59 Å². The Balaban J connectivity index is 2.77. The van der Waals surface area contributed by atoms with E-state index in [4.69, 9.17) is 10.5 Å². The van der Waals surface area contributed by atoms with Gasteiger partial charge in [-0.2, -0.15) is 0 Å². The van der Waals surface area contributed by atoms with Gasteiger partial charge in [-0.25, -0.2) is 4.79 Å². The van der Waals surface area contributed by atoms with E-state index in [0.717, 1.165) is 11.1 Å². The maximum Gasteiger partial charge on any atom is 0.318 e. The molecule has 4 N–H and O–H groups in total. The molecule has 0 spiro atoms. The highest BCUT2D eigenvalue weighted by atomic mass is 16.5. The molecule has 0 aliphatic carbocycles. The SMILES string of the molecule is CNC(C)c1cc(C)ccc1OCC(=O)NC(N)=O. The number of urea groups is 1. The van der Waals surface area contributed by atoms with Gasteiger partial charge in [0.05, 0.1) is 0 Å². The molecule has 104 valence electrons. The lowest BCUT2D eigenvalue weighted by atomic mass is 10.0. The number of primary amides is 1. The summed E-state index contributed by atoms with van der Waals surface area (Å²) < 4.78 is 5.42. The molecule has 0 heterocycles. The summed E-state index contributed by atoms with van der Waals surface area (Å²) in [5, 5.41) is 5.06. The Kier molecular flexibility index (Phi) is 5.32. The van der Waals surface area contributed by atoms with Gasteiger partial charge >= 0.3 is 6.03 Å². The summed E-state index contributed by atoms with van der Waals surface area (Å²) in [6, 6.07) is 4.89. The Morgan fingerprint density at radius 1 is 1.42 bits per heavy atom. The minimum absolute atomic E-state index is 0.0918. The highest BCUT2D eigenvalue weighted by Gasteiger charge is 2.12. The van der Waals surface area contributed by atoms with Gasteiger partial charge in [-0.05, 0) is 27.0 Å². The van der Waals surface area contributed by atoms with Crippen molar-refractivity contribution in [3.05, 3.63) is 29.3 Å². The largest absolute Gasteiger partial charge is 0.483 e. The molecule has 0 aliphatic heterocycles. The van der Waals surface area contributed by atoms with Crippen LogP contribution in [-0.4, -0.2) is 25.6 Å². The predicted octanol–water partition coefficient (Wildman–Crippen LogP) is 0.849. The normalized spacial score (nSPS) is 11.7. The van der Waals surface area contributed by atoms with E-state index in [1.165, 1.54) is 0 Å². The first-order chi connectivity index (χ1) is 8.93. The van der Waals surface area contributed by atoms with Gasteiger partial charge in [-0.3, -0.25) is 10.1 Å². The number of benzene rings is 1. The molecule has 0 aliphatic rings. The van der Waals surface area contributed by atoms with E-state index in [0.29, 0.717) is 5.75 Å². The average Bonchev–Trinajstić information content (AvgIpc) is 2.35. The number of ether oxygens (including phenoxy) is 1. The molecule has 3 amide bonds. The summed E-state index contributed by atoms with van der Waals surface area (Å²) >= 11 is 0. The molecule has 0 radical (unpaired) electrons. The first kappa shape index (κ1) is 15.0. The van der Waals surface area contributed by atoms with Gasteiger partial charge in [0.1, 0.15) is 5.75 Å². The standard InChI is InChI=1S/C13H19N3O3/c1-8-4-5-11(10(6-8)9(2)15-3)19-7-12(17)16-13(14)18/h4-6,9,15H,7H2,1-3H3,(H3,14,16,17,18). The summed E-state index contributed by atoms with van der Waals surface area (Å²) in [7, 11) is 1.84. The van der Waals surface area contributed by atoms with E-state index in [1.54, 1.807) is 6.07 Å². The minimum atomic E-state index is -0.888. The fourth-order valence-electron chi connectivity index (χ4n) is 1.61. The first-order valence-electron chi connectivity index (χ1n) is 5.94. The Hall–Kier alpha value is -2.08. The number of carbonyl (C=O) groups excluding carboxylic acids is 2. The second kappa shape index (κ2) is 6.75. The molecular weight excluding hydrogens is 246 g/mol. The fourth-order valence-corrected chi connectivity index (χ4v) is 1.61. The van der Waals surface area contributed by atoms with E-state index in [2.05, 4.69) is 5.32 Å². The lowest BCUT2D eigenvalue weighted by molar-refractivity contribution is -0.121. The van der Waals surface area contributed by atoms with Crippen molar-refractivity contribution < 1.29 is 14.3 Å². The summed E-state index contributed by atoms with van der Waals surface area (Å²) in [6.07, 6.45) is 0. The molecule has 1 unspecified atom stereocenters. The van der Waals surface area contributed by atoms with Crippen LogP contribution in [0.5, 0.6) is 5.75 Å². The van der Waals surface area contributed by atoms with E-state index >= 15 is 0 Å². The maximum atomic E-state index is 11.3. The van der Waals surface area contributed by atoms with Crippen LogP contribution in [0.3, 0.4) is 0 Å². The monoisotopic (exact) mass is 265 g/mol. The van der Waals surface area contributed by atoms with Gasteiger partial charge < -0.3 is 15.8 Å². The molecule has 1 aromatic carbocycles. The number of nitrogens with one attached hydrogen (secondary N) is 2. The lowest BCUT2D eigenvalue weighted by Gasteiger charge is -2.17. The number of imide groups is 1. The van der Waals surface area contributed by atoms with Crippen molar-refractivity contribution in [2.75, 3.05) is 13.7 Å². The Morgan fingerprint density at radius 3 is 2.68 bits per heavy atom. The maximum absolute atomic E-state index is 11.3. The Labute approximate surface area is 112 Å². The number of amides is 3. The van der Waals surface area contributed by atoms with Crippen LogP contribution >= 0.6 is 0 Å². The van der Waals surface area contributed by atoms with Gasteiger partial charge in [0.15, 0.2) is 6.61 Å². The smallest absolute Gasteiger partial charge is 0.318 e. The van der Waals surface area contributed by atoms with Crippen LogP contribution in [0.2, 0.25) is 0 Å².